The van der Waals surface area contributed by atoms with Crippen molar-refractivity contribution in [1.82, 2.24) is 4.98 Å². The van der Waals surface area contributed by atoms with Gasteiger partial charge in [0.1, 0.15) is 5.52 Å². The highest BCUT2D eigenvalue weighted by Crippen LogP contribution is 2.30. The van der Waals surface area contributed by atoms with E-state index in [1.165, 1.54) is 6.07 Å². The molecule has 2 N–H and O–H groups in total. The molecule has 1 heterocycles. The van der Waals surface area contributed by atoms with Crippen LogP contribution in [0.25, 0.3) is 11.1 Å². The molecule has 1 unspecified atom stereocenters. The average Bonchev–Trinajstić information content (AvgIpc) is 2.92. The predicted molar refractivity (Wildman–Crippen MR) is 84.8 cm³/mol. The maximum absolute atomic E-state index is 13.6. The van der Waals surface area contributed by atoms with Crippen LogP contribution in [0.3, 0.4) is 0 Å². The Morgan fingerprint density at radius 3 is 2.83 bits per heavy atom. The van der Waals surface area contributed by atoms with Crippen LogP contribution in [0.1, 0.15) is 18.4 Å². The summed E-state index contributed by atoms with van der Waals surface area (Å²) in [4.78, 5) is 15.1. The monoisotopic (exact) mass is 334 g/mol. The fourth-order valence-electron chi connectivity index (χ4n) is 2.13. The summed E-state index contributed by atoms with van der Waals surface area (Å²) in [5.74, 6) is -2.10. The molecular formula is C16H12ClFN2O3. The van der Waals surface area contributed by atoms with Gasteiger partial charge in [0.25, 0.3) is 6.01 Å². The van der Waals surface area contributed by atoms with E-state index >= 15 is 0 Å². The van der Waals surface area contributed by atoms with Gasteiger partial charge >= 0.3 is 5.97 Å². The molecule has 118 valence electrons. The number of carboxylic acid groups (broad SMARTS) is 1. The minimum Gasteiger partial charge on any atom is -0.481 e. The van der Waals surface area contributed by atoms with E-state index < -0.39 is 17.7 Å². The number of hydrogen-bond acceptors (Lipinski definition) is 4. The molecule has 0 aliphatic rings. The standard InChI is InChI=1S/C16H12ClFN2O3/c1-8(15(21)22)9-5-6-12(10(17)7-9)19-16-20-13-4-2-3-11(18)14(13)23-16/h2-8H,1H3,(H,19,20)(H,21,22). The maximum atomic E-state index is 13.6. The number of nitrogens with zero attached hydrogens (tertiary/aromatic N) is 1. The van der Waals surface area contributed by atoms with Gasteiger partial charge in [0.05, 0.1) is 16.6 Å². The summed E-state index contributed by atoms with van der Waals surface area (Å²) >= 11 is 6.16. The van der Waals surface area contributed by atoms with Gasteiger partial charge in [-0.1, -0.05) is 23.7 Å². The van der Waals surface area contributed by atoms with E-state index in [0.29, 0.717) is 21.8 Å². The zero-order valence-corrected chi connectivity index (χ0v) is 12.8. The zero-order chi connectivity index (χ0) is 16.6. The molecule has 1 atom stereocenters. The van der Waals surface area contributed by atoms with E-state index in [2.05, 4.69) is 10.3 Å². The second-order valence-electron chi connectivity index (χ2n) is 5.03. The highest BCUT2D eigenvalue weighted by Gasteiger charge is 2.16. The molecule has 0 aliphatic carbocycles. The maximum Gasteiger partial charge on any atom is 0.310 e. The Balaban J connectivity index is 1.90. The molecule has 0 saturated carbocycles. The highest BCUT2D eigenvalue weighted by molar-refractivity contribution is 6.33. The van der Waals surface area contributed by atoms with Crippen molar-refractivity contribution in [2.45, 2.75) is 12.8 Å². The molecule has 0 radical (unpaired) electrons. The molecular weight excluding hydrogens is 323 g/mol. The van der Waals surface area contributed by atoms with Gasteiger partial charge in [0, 0.05) is 0 Å². The summed E-state index contributed by atoms with van der Waals surface area (Å²) in [7, 11) is 0. The quantitative estimate of drug-likeness (QED) is 0.732. The normalized spacial score (nSPS) is 12.3. The summed E-state index contributed by atoms with van der Waals surface area (Å²) in [6.45, 7) is 1.57. The second kappa shape index (κ2) is 5.89. The van der Waals surface area contributed by atoms with Crippen LogP contribution in [0.5, 0.6) is 0 Å². The fourth-order valence-corrected chi connectivity index (χ4v) is 2.36. The molecule has 1 aromatic heterocycles. The number of hydrogen-bond donors (Lipinski definition) is 2. The Bertz CT molecular complexity index is 894. The summed E-state index contributed by atoms with van der Waals surface area (Å²) in [6.07, 6.45) is 0. The lowest BCUT2D eigenvalue weighted by atomic mass is 10.0. The third kappa shape index (κ3) is 2.98. The lowest BCUT2D eigenvalue weighted by Gasteiger charge is -2.10. The Hall–Kier alpha value is -2.60. The number of nitrogens with one attached hydrogen (secondary N) is 1. The number of carboxylic acids is 1. The molecule has 0 amide bonds. The number of aliphatic carboxylic acids is 1. The van der Waals surface area contributed by atoms with Crippen LogP contribution in [0, 0.1) is 5.82 Å². The third-order valence-corrected chi connectivity index (χ3v) is 3.78. The Labute approximate surface area is 135 Å². The van der Waals surface area contributed by atoms with Gasteiger partial charge in [-0.2, -0.15) is 4.98 Å². The van der Waals surface area contributed by atoms with Gasteiger partial charge < -0.3 is 14.8 Å². The first-order chi connectivity index (χ1) is 11.0. The van der Waals surface area contributed by atoms with Gasteiger partial charge in [-0.3, -0.25) is 4.79 Å². The molecule has 7 heteroatoms. The second-order valence-corrected chi connectivity index (χ2v) is 5.44. The molecule has 2 aromatic carbocycles. The molecule has 0 saturated heterocycles. The number of halogens is 2. The Kier molecular flexibility index (Phi) is 3.92. The van der Waals surface area contributed by atoms with E-state index in [9.17, 15) is 9.18 Å². The highest BCUT2D eigenvalue weighted by atomic mass is 35.5. The minimum absolute atomic E-state index is 0.0576. The summed E-state index contributed by atoms with van der Waals surface area (Å²) < 4.78 is 18.9. The van der Waals surface area contributed by atoms with Crippen molar-refractivity contribution in [1.29, 1.82) is 0 Å². The smallest absolute Gasteiger partial charge is 0.310 e. The molecule has 3 rings (SSSR count). The van der Waals surface area contributed by atoms with Crippen molar-refractivity contribution >= 4 is 40.4 Å². The number of oxazole rings is 1. The van der Waals surface area contributed by atoms with Crippen molar-refractivity contribution in [2.75, 3.05) is 5.32 Å². The molecule has 0 spiro atoms. The van der Waals surface area contributed by atoms with E-state index in [1.54, 1.807) is 37.3 Å². The van der Waals surface area contributed by atoms with Crippen molar-refractivity contribution in [3.8, 4) is 0 Å². The van der Waals surface area contributed by atoms with Gasteiger partial charge in [-0.15, -0.1) is 0 Å². The largest absolute Gasteiger partial charge is 0.481 e. The third-order valence-electron chi connectivity index (χ3n) is 3.47. The lowest BCUT2D eigenvalue weighted by molar-refractivity contribution is -0.138. The van der Waals surface area contributed by atoms with E-state index in [4.69, 9.17) is 21.1 Å². The number of aromatic nitrogens is 1. The Morgan fingerprint density at radius 2 is 2.17 bits per heavy atom. The molecule has 23 heavy (non-hydrogen) atoms. The minimum atomic E-state index is -0.934. The number of fused-ring (bicyclic) bond motifs is 1. The first-order valence-corrected chi connectivity index (χ1v) is 7.18. The van der Waals surface area contributed by atoms with Crippen molar-refractivity contribution in [3.63, 3.8) is 0 Å². The zero-order valence-electron chi connectivity index (χ0n) is 12.0. The summed E-state index contributed by atoms with van der Waals surface area (Å²) in [5, 5.41) is 12.2. The van der Waals surface area contributed by atoms with Crippen molar-refractivity contribution in [2.24, 2.45) is 0 Å². The molecule has 0 bridgehead atoms. The molecule has 0 fully saturated rings. The number of carbonyl (C=O) groups is 1. The van der Waals surface area contributed by atoms with E-state index in [-0.39, 0.29) is 11.6 Å². The van der Waals surface area contributed by atoms with Crippen molar-refractivity contribution in [3.05, 3.63) is 52.8 Å². The number of rotatable bonds is 4. The van der Waals surface area contributed by atoms with Gasteiger partial charge in [0.2, 0.25) is 0 Å². The van der Waals surface area contributed by atoms with Gasteiger partial charge in [-0.05, 0) is 36.8 Å². The van der Waals surface area contributed by atoms with Crippen LogP contribution in [0.4, 0.5) is 16.1 Å². The fraction of sp³-hybridized carbons (Fsp3) is 0.125. The van der Waals surface area contributed by atoms with Crippen molar-refractivity contribution < 1.29 is 18.7 Å². The SMILES string of the molecule is CC(C(=O)O)c1ccc(Nc2nc3cccc(F)c3o2)c(Cl)c1. The predicted octanol–water partition coefficient (Wildman–Crippen LogP) is 4.55. The lowest BCUT2D eigenvalue weighted by Crippen LogP contribution is -2.07. The van der Waals surface area contributed by atoms with Crippen LogP contribution in [0.15, 0.2) is 40.8 Å². The number of anilines is 2. The number of benzene rings is 2. The van der Waals surface area contributed by atoms with Crippen LogP contribution in [-0.4, -0.2) is 16.1 Å². The number of para-hydroxylation sites is 1. The topological polar surface area (TPSA) is 75.4 Å². The van der Waals surface area contributed by atoms with Crippen LogP contribution in [-0.2, 0) is 4.79 Å². The summed E-state index contributed by atoms with van der Waals surface area (Å²) in [6, 6.07) is 9.40. The molecule has 5 nitrogen and oxygen atoms in total. The molecule has 0 aliphatic heterocycles. The summed E-state index contributed by atoms with van der Waals surface area (Å²) in [5.41, 5.74) is 1.51. The van der Waals surface area contributed by atoms with Crippen LogP contribution in [0.2, 0.25) is 5.02 Å². The average molecular weight is 335 g/mol. The van der Waals surface area contributed by atoms with Gasteiger partial charge in [0.15, 0.2) is 11.4 Å². The first-order valence-electron chi connectivity index (χ1n) is 6.80. The Morgan fingerprint density at radius 1 is 1.39 bits per heavy atom. The molecule has 3 aromatic rings. The van der Waals surface area contributed by atoms with E-state index in [1.807, 2.05) is 0 Å². The van der Waals surface area contributed by atoms with Crippen LogP contribution < -0.4 is 5.32 Å². The first kappa shape index (κ1) is 15.3. The van der Waals surface area contributed by atoms with Crippen LogP contribution >= 0.6 is 11.6 Å². The van der Waals surface area contributed by atoms with Gasteiger partial charge in [-0.25, -0.2) is 4.39 Å². The van der Waals surface area contributed by atoms with E-state index in [0.717, 1.165) is 0 Å².